The van der Waals surface area contributed by atoms with Crippen LogP contribution in [0.25, 0.3) is 0 Å². The number of hydrogen-bond donors (Lipinski definition) is 1. The summed E-state index contributed by atoms with van der Waals surface area (Å²) in [7, 11) is 1.76. The van der Waals surface area contributed by atoms with Crippen molar-refractivity contribution in [3.05, 3.63) is 24.3 Å². The van der Waals surface area contributed by atoms with E-state index in [4.69, 9.17) is 4.74 Å². The molecule has 2 aliphatic rings. The fraction of sp³-hybridized carbons (Fsp3) is 0.684. The van der Waals surface area contributed by atoms with Crippen LogP contribution in [0.5, 0.6) is 5.75 Å². The second-order valence-corrected chi connectivity index (χ2v) is 6.80. The lowest BCUT2D eigenvalue weighted by molar-refractivity contribution is 0.180. The van der Waals surface area contributed by atoms with Crippen molar-refractivity contribution in [1.29, 1.82) is 0 Å². The van der Waals surface area contributed by atoms with E-state index in [1.54, 1.807) is 7.11 Å². The quantitative estimate of drug-likeness (QED) is 0.817. The second kappa shape index (κ2) is 7.20. The summed E-state index contributed by atoms with van der Waals surface area (Å²) in [5.74, 6) is 2.79. The molecule has 2 unspecified atom stereocenters. The van der Waals surface area contributed by atoms with Gasteiger partial charge in [0.15, 0.2) is 0 Å². The normalized spacial score (nSPS) is 27.3. The minimum Gasteiger partial charge on any atom is -0.495 e. The molecule has 0 amide bonds. The third-order valence-electron chi connectivity index (χ3n) is 5.52. The van der Waals surface area contributed by atoms with E-state index < -0.39 is 0 Å². The number of nitrogens with one attached hydrogen (secondary N) is 1. The maximum atomic E-state index is 5.51. The van der Waals surface area contributed by atoms with Crippen LogP contribution in [-0.4, -0.2) is 13.2 Å². The standard InChI is InChI=1S/C19H29NO/c1-21-19-14-8-7-13-18(19)20-17-12-6-5-11-16(17)15-9-3-2-4-10-15/h7-8,13-17,20H,2-6,9-12H2,1H3. The number of para-hydroxylation sites is 2. The third-order valence-corrected chi connectivity index (χ3v) is 5.52. The molecule has 3 rings (SSSR count). The van der Waals surface area contributed by atoms with Crippen molar-refractivity contribution in [2.75, 3.05) is 12.4 Å². The molecule has 0 radical (unpaired) electrons. The summed E-state index contributed by atoms with van der Waals surface area (Å²) < 4.78 is 5.51. The van der Waals surface area contributed by atoms with Crippen LogP contribution < -0.4 is 10.1 Å². The molecule has 0 saturated heterocycles. The topological polar surface area (TPSA) is 21.3 Å². The molecule has 0 spiro atoms. The van der Waals surface area contributed by atoms with Gasteiger partial charge in [-0.1, -0.05) is 57.1 Å². The van der Waals surface area contributed by atoms with Gasteiger partial charge in [-0.25, -0.2) is 0 Å². The molecule has 2 atom stereocenters. The highest BCUT2D eigenvalue weighted by molar-refractivity contribution is 5.56. The number of benzene rings is 1. The first-order valence-corrected chi connectivity index (χ1v) is 8.78. The molecule has 0 heterocycles. The van der Waals surface area contributed by atoms with Crippen LogP contribution in [-0.2, 0) is 0 Å². The van der Waals surface area contributed by atoms with Crippen LogP contribution in [0.4, 0.5) is 5.69 Å². The Kier molecular flexibility index (Phi) is 5.05. The van der Waals surface area contributed by atoms with E-state index in [0.717, 1.165) is 17.6 Å². The van der Waals surface area contributed by atoms with Gasteiger partial charge in [-0.3, -0.25) is 0 Å². The van der Waals surface area contributed by atoms with Gasteiger partial charge in [0, 0.05) is 6.04 Å². The van der Waals surface area contributed by atoms with Gasteiger partial charge < -0.3 is 10.1 Å². The predicted octanol–water partition coefficient (Wildman–Crippen LogP) is 5.25. The highest BCUT2D eigenvalue weighted by Gasteiger charge is 2.32. The number of anilines is 1. The molecule has 0 bridgehead atoms. The number of methoxy groups -OCH3 is 1. The molecule has 2 nitrogen and oxygen atoms in total. The third kappa shape index (κ3) is 3.53. The summed E-state index contributed by atoms with van der Waals surface area (Å²) in [6, 6.07) is 9.00. The first kappa shape index (κ1) is 14.7. The fourth-order valence-electron chi connectivity index (χ4n) is 4.43. The molecule has 2 heteroatoms. The van der Waals surface area contributed by atoms with Crippen molar-refractivity contribution < 1.29 is 4.74 Å². The smallest absolute Gasteiger partial charge is 0.141 e. The molecule has 2 saturated carbocycles. The van der Waals surface area contributed by atoms with Gasteiger partial charge in [0.2, 0.25) is 0 Å². The Labute approximate surface area is 129 Å². The van der Waals surface area contributed by atoms with Crippen molar-refractivity contribution in [1.82, 2.24) is 0 Å². The minimum absolute atomic E-state index is 0.637. The molecule has 0 aromatic heterocycles. The molecule has 2 aliphatic carbocycles. The van der Waals surface area contributed by atoms with Crippen LogP contribution in [0.3, 0.4) is 0 Å². The monoisotopic (exact) mass is 287 g/mol. The predicted molar refractivity (Wildman–Crippen MR) is 88.9 cm³/mol. The molecular formula is C19H29NO. The summed E-state index contributed by atoms with van der Waals surface area (Å²) in [4.78, 5) is 0. The molecule has 21 heavy (non-hydrogen) atoms. The van der Waals surface area contributed by atoms with E-state index in [-0.39, 0.29) is 0 Å². The lowest BCUT2D eigenvalue weighted by Crippen LogP contribution is -2.37. The zero-order valence-electron chi connectivity index (χ0n) is 13.3. The Hall–Kier alpha value is -1.18. The summed E-state index contributed by atoms with van der Waals surface area (Å²) in [6.45, 7) is 0. The van der Waals surface area contributed by atoms with Gasteiger partial charge in [0.1, 0.15) is 5.75 Å². The summed E-state index contributed by atoms with van der Waals surface area (Å²) >= 11 is 0. The fourth-order valence-corrected chi connectivity index (χ4v) is 4.43. The molecule has 116 valence electrons. The number of hydrogen-bond acceptors (Lipinski definition) is 2. The van der Waals surface area contributed by atoms with Crippen molar-refractivity contribution >= 4 is 5.69 Å². The van der Waals surface area contributed by atoms with E-state index in [9.17, 15) is 0 Å². The molecule has 1 N–H and O–H groups in total. The van der Waals surface area contributed by atoms with E-state index >= 15 is 0 Å². The van der Waals surface area contributed by atoms with Gasteiger partial charge in [0.25, 0.3) is 0 Å². The highest BCUT2D eigenvalue weighted by atomic mass is 16.5. The molecule has 0 aliphatic heterocycles. The average molecular weight is 287 g/mol. The Morgan fingerprint density at radius 3 is 2.43 bits per heavy atom. The first-order chi connectivity index (χ1) is 10.4. The molecule has 2 fully saturated rings. The molecule has 1 aromatic carbocycles. The number of ether oxygens (including phenoxy) is 1. The summed E-state index contributed by atoms with van der Waals surface area (Å²) in [5, 5.41) is 3.82. The van der Waals surface area contributed by atoms with Gasteiger partial charge in [-0.2, -0.15) is 0 Å². The van der Waals surface area contributed by atoms with Crippen LogP contribution in [0, 0.1) is 11.8 Å². The first-order valence-electron chi connectivity index (χ1n) is 8.78. The lowest BCUT2D eigenvalue weighted by Gasteiger charge is -2.40. The maximum Gasteiger partial charge on any atom is 0.141 e. The van der Waals surface area contributed by atoms with Gasteiger partial charge in [0.05, 0.1) is 12.8 Å². The van der Waals surface area contributed by atoms with Crippen LogP contribution in [0.2, 0.25) is 0 Å². The number of rotatable bonds is 4. The maximum absolute atomic E-state index is 5.51. The van der Waals surface area contributed by atoms with Crippen LogP contribution in [0.1, 0.15) is 57.8 Å². The van der Waals surface area contributed by atoms with E-state index in [2.05, 4.69) is 23.5 Å². The van der Waals surface area contributed by atoms with Gasteiger partial charge in [-0.05, 0) is 36.8 Å². The van der Waals surface area contributed by atoms with Gasteiger partial charge >= 0.3 is 0 Å². The zero-order chi connectivity index (χ0) is 14.5. The molecule has 1 aromatic rings. The molecular weight excluding hydrogens is 258 g/mol. The largest absolute Gasteiger partial charge is 0.495 e. The Morgan fingerprint density at radius 2 is 1.62 bits per heavy atom. The van der Waals surface area contributed by atoms with Crippen LogP contribution in [0.15, 0.2) is 24.3 Å². The van der Waals surface area contributed by atoms with Gasteiger partial charge in [-0.15, -0.1) is 0 Å². The van der Waals surface area contributed by atoms with E-state index in [1.807, 2.05) is 6.07 Å². The van der Waals surface area contributed by atoms with Crippen molar-refractivity contribution in [2.45, 2.75) is 63.8 Å². The summed E-state index contributed by atoms with van der Waals surface area (Å²) in [5.41, 5.74) is 1.17. The Bertz CT molecular complexity index is 439. The Balaban J connectivity index is 1.71. The van der Waals surface area contributed by atoms with Crippen molar-refractivity contribution in [3.63, 3.8) is 0 Å². The Morgan fingerprint density at radius 1 is 0.905 bits per heavy atom. The van der Waals surface area contributed by atoms with Crippen molar-refractivity contribution in [3.8, 4) is 5.75 Å². The van der Waals surface area contributed by atoms with E-state index in [0.29, 0.717) is 6.04 Å². The minimum atomic E-state index is 0.637. The van der Waals surface area contributed by atoms with Crippen molar-refractivity contribution in [2.24, 2.45) is 11.8 Å². The van der Waals surface area contributed by atoms with Crippen LogP contribution >= 0.6 is 0 Å². The average Bonchev–Trinajstić information content (AvgIpc) is 2.57. The SMILES string of the molecule is COc1ccccc1NC1CCCCC1C1CCCCC1. The highest BCUT2D eigenvalue weighted by Crippen LogP contribution is 2.40. The second-order valence-electron chi connectivity index (χ2n) is 6.80. The lowest BCUT2D eigenvalue weighted by atomic mass is 9.71. The zero-order valence-corrected chi connectivity index (χ0v) is 13.3. The summed E-state index contributed by atoms with van der Waals surface area (Å²) in [6.07, 6.45) is 12.8. The van der Waals surface area contributed by atoms with E-state index in [1.165, 1.54) is 63.5 Å².